The van der Waals surface area contributed by atoms with Gasteiger partial charge in [0.1, 0.15) is 23.9 Å². The summed E-state index contributed by atoms with van der Waals surface area (Å²) in [6.45, 7) is 8.51. The fourth-order valence-electron chi connectivity index (χ4n) is 3.57. The van der Waals surface area contributed by atoms with Crippen molar-refractivity contribution in [3.8, 4) is 0 Å². The van der Waals surface area contributed by atoms with Gasteiger partial charge in [-0.2, -0.15) is 0 Å². The van der Waals surface area contributed by atoms with Crippen LogP contribution in [0.3, 0.4) is 0 Å². The second-order valence-corrected chi connectivity index (χ2v) is 6.72. The lowest BCUT2D eigenvalue weighted by atomic mass is 9.81. The number of hydrogen-bond acceptors (Lipinski definition) is 5. The van der Waals surface area contributed by atoms with E-state index >= 15 is 0 Å². The summed E-state index contributed by atoms with van der Waals surface area (Å²) in [6, 6.07) is 0. The van der Waals surface area contributed by atoms with E-state index in [2.05, 4.69) is 0 Å². The quantitative estimate of drug-likeness (QED) is 0.609. The van der Waals surface area contributed by atoms with Crippen LogP contribution in [0.4, 0.5) is 0 Å². The van der Waals surface area contributed by atoms with Crippen molar-refractivity contribution in [2.24, 2.45) is 0 Å². The lowest BCUT2D eigenvalue weighted by Gasteiger charge is -2.35. The van der Waals surface area contributed by atoms with Crippen LogP contribution in [0.5, 0.6) is 0 Å². The van der Waals surface area contributed by atoms with Crippen molar-refractivity contribution in [1.82, 2.24) is 0 Å². The lowest BCUT2D eigenvalue weighted by molar-refractivity contribution is -0.176. The largest absolute Gasteiger partial charge is 0.367 e. The predicted molar refractivity (Wildman–Crippen MR) is 61.0 cm³/mol. The van der Waals surface area contributed by atoms with Gasteiger partial charge in [0, 0.05) is 6.42 Å². The number of hydrogen-bond donors (Lipinski definition) is 0. The topological polar surface area (TPSA) is 49.5 Å². The molecule has 0 amide bonds. The van der Waals surface area contributed by atoms with Gasteiger partial charge in [0.25, 0.3) is 0 Å². The first kappa shape index (κ1) is 11.6. The molecule has 0 aromatic carbocycles. The maximum Gasteiger partial charge on any atom is 0.164 e. The van der Waals surface area contributed by atoms with Crippen LogP contribution in [0, 0.1) is 0 Å². The van der Waals surface area contributed by atoms with Crippen molar-refractivity contribution >= 4 is 0 Å². The van der Waals surface area contributed by atoms with E-state index in [9.17, 15) is 0 Å². The molecule has 1 spiro atoms. The molecule has 0 unspecified atom stereocenters. The minimum absolute atomic E-state index is 0.0359. The van der Waals surface area contributed by atoms with Gasteiger partial charge in [-0.3, -0.25) is 0 Å². The fourth-order valence-corrected chi connectivity index (χ4v) is 3.57. The Morgan fingerprint density at radius 2 is 1.44 bits per heavy atom. The maximum absolute atomic E-state index is 6.03. The first-order valence-corrected chi connectivity index (χ1v) is 6.66. The average Bonchev–Trinajstić information content (AvgIpc) is 2.80. The van der Waals surface area contributed by atoms with Crippen molar-refractivity contribution in [3.63, 3.8) is 0 Å². The second-order valence-electron chi connectivity index (χ2n) is 6.72. The molecule has 3 aliphatic heterocycles. The van der Waals surface area contributed by atoms with Crippen molar-refractivity contribution in [1.29, 1.82) is 0 Å². The number of fused-ring (bicyclic) bond motifs is 4. The zero-order chi connectivity index (χ0) is 12.8. The zero-order valence-corrected chi connectivity index (χ0v) is 11.3. The number of rotatable bonds is 0. The maximum atomic E-state index is 6.03. The van der Waals surface area contributed by atoms with Crippen LogP contribution in [0.1, 0.15) is 34.1 Å². The summed E-state index contributed by atoms with van der Waals surface area (Å²) in [4.78, 5) is 0. The normalized spacial score (nSPS) is 55.3. The summed E-state index contributed by atoms with van der Waals surface area (Å²) in [5.74, 6) is -1.12. The summed E-state index contributed by atoms with van der Waals surface area (Å²) in [7, 11) is 0. The molecular formula is C13H20O5. The highest BCUT2D eigenvalue weighted by atomic mass is 16.8. The van der Waals surface area contributed by atoms with Crippen LogP contribution in [0.15, 0.2) is 0 Å². The predicted octanol–water partition coefficient (Wildman–Crippen LogP) is 1.20. The Labute approximate surface area is 107 Å². The standard InChI is InChI=1S/C13H20O5/c1-11(2)15-7-5-13(6-14-13)10-9(8(7)16-11)17-12(3,4)18-10/h7-10H,5-6H2,1-4H3/t7-,8+,9-,10-,13+/m1/s1. The summed E-state index contributed by atoms with van der Waals surface area (Å²) < 4.78 is 29.7. The third kappa shape index (κ3) is 1.51. The van der Waals surface area contributed by atoms with Crippen molar-refractivity contribution < 1.29 is 23.7 Å². The van der Waals surface area contributed by atoms with Gasteiger partial charge in [0.05, 0.1) is 12.7 Å². The van der Waals surface area contributed by atoms with E-state index in [0.717, 1.165) is 13.0 Å². The van der Waals surface area contributed by atoms with E-state index in [1.165, 1.54) is 0 Å². The third-order valence-electron chi connectivity index (χ3n) is 4.25. The Hall–Kier alpha value is -0.200. The molecule has 4 rings (SSSR count). The molecule has 4 fully saturated rings. The van der Waals surface area contributed by atoms with Crippen LogP contribution >= 0.6 is 0 Å². The Kier molecular flexibility index (Phi) is 2.00. The molecule has 0 bridgehead atoms. The molecule has 5 heteroatoms. The van der Waals surface area contributed by atoms with E-state index in [1.54, 1.807) is 0 Å². The zero-order valence-electron chi connectivity index (χ0n) is 11.3. The van der Waals surface area contributed by atoms with Gasteiger partial charge in [0.15, 0.2) is 11.6 Å². The van der Waals surface area contributed by atoms with E-state index in [1.807, 2.05) is 27.7 Å². The molecule has 5 atom stereocenters. The molecule has 0 aromatic rings. The molecule has 5 nitrogen and oxygen atoms in total. The van der Waals surface area contributed by atoms with Gasteiger partial charge in [-0.05, 0) is 27.7 Å². The summed E-state index contributed by atoms with van der Waals surface area (Å²) in [6.07, 6.45) is 0.693. The van der Waals surface area contributed by atoms with Gasteiger partial charge in [-0.25, -0.2) is 0 Å². The summed E-state index contributed by atoms with van der Waals surface area (Å²) in [5, 5.41) is 0. The Bertz CT molecular complexity index is 387. The molecule has 18 heavy (non-hydrogen) atoms. The molecule has 4 aliphatic rings. The minimum Gasteiger partial charge on any atom is -0.367 e. The molecule has 0 aromatic heterocycles. The van der Waals surface area contributed by atoms with E-state index in [-0.39, 0.29) is 30.0 Å². The van der Waals surface area contributed by atoms with Crippen LogP contribution in [-0.4, -0.2) is 48.2 Å². The number of epoxide rings is 1. The Morgan fingerprint density at radius 3 is 2.11 bits per heavy atom. The van der Waals surface area contributed by atoms with Crippen LogP contribution in [0.2, 0.25) is 0 Å². The molecular weight excluding hydrogens is 236 g/mol. The van der Waals surface area contributed by atoms with E-state index < -0.39 is 11.6 Å². The highest BCUT2D eigenvalue weighted by Gasteiger charge is 2.70. The van der Waals surface area contributed by atoms with E-state index in [0.29, 0.717) is 0 Å². The second kappa shape index (κ2) is 3.10. The molecule has 1 aliphatic carbocycles. The van der Waals surface area contributed by atoms with Gasteiger partial charge in [-0.15, -0.1) is 0 Å². The fraction of sp³-hybridized carbons (Fsp3) is 1.00. The smallest absolute Gasteiger partial charge is 0.164 e. The molecule has 3 heterocycles. The first-order chi connectivity index (χ1) is 8.30. The SMILES string of the molecule is CC1(C)O[C@@H]2[C@H]3OC(C)(C)O[C@@H]3C[C@]3(CO3)[C@@H]2O1. The highest BCUT2D eigenvalue weighted by Crippen LogP contribution is 2.53. The number of ether oxygens (including phenoxy) is 5. The summed E-state index contributed by atoms with van der Waals surface area (Å²) in [5.41, 5.74) is -0.205. The van der Waals surface area contributed by atoms with Crippen LogP contribution in [0.25, 0.3) is 0 Å². The molecule has 0 radical (unpaired) electrons. The minimum atomic E-state index is -0.570. The van der Waals surface area contributed by atoms with Crippen molar-refractivity contribution in [3.05, 3.63) is 0 Å². The Morgan fingerprint density at radius 1 is 0.833 bits per heavy atom. The monoisotopic (exact) mass is 256 g/mol. The Balaban J connectivity index is 1.68. The van der Waals surface area contributed by atoms with Gasteiger partial charge in [0.2, 0.25) is 0 Å². The van der Waals surface area contributed by atoms with E-state index in [4.69, 9.17) is 23.7 Å². The molecule has 3 saturated heterocycles. The third-order valence-corrected chi connectivity index (χ3v) is 4.25. The van der Waals surface area contributed by atoms with Crippen molar-refractivity contribution in [2.75, 3.05) is 6.61 Å². The lowest BCUT2D eigenvalue weighted by Crippen LogP contribution is -2.55. The summed E-state index contributed by atoms with van der Waals surface area (Å²) >= 11 is 0. The molecule has 1 saturated carbocycles. The van der Waals surface area contributed by atoms with Crippen LogP contribution in [-0.2, 0) is 23.7 Å². The van der Waals surface area contributed by atoms with Crippen LogP contribution < -0.4 is 0 Å². The molecule has 0 N–H and O–H groups in total. The van der Waals surface area contributed by atoms with Gasteiger partial charge >= 0.3 is 0 Å². The van der Waals surface area contributed by atoms with Gasteiger partial charge in [-0.1, -0.05) is 0 Å². The highest BCUT2D eigenvalue weighted by molar-refractivity contribution is 5.15. The van der Waals surface area contributed by atoms with Gasteiger partial charge < -0.3 is 23.7 Å². The molecule has 102 valence electrons. The first-order valence-electron chi connectivity index (χ1n) is 6.66. The van der Waals surface area contributed by atoms with Crippen molar-refractivity contribution in [2.45, 2.75) is 75.7 Å². The average molecular weight is 256 g/mol.